The molecule has 0 amide bonds. The molecule has 1 aromatic heterocycles. The average molecular weight is 560 g/mol. The van der Waals surface area contributed by atoms with Gasteiger partial charge in [0, 0.05) is 37.3 Å². The number of aryl methyl sites for hydroxylation is 1. The smallest absolute Gasteiger partial charge is 0.243 e. The topological polar surface area (TPSA) is 87.7 Å². The molecule has 40 heavy (non-hydrogen) atoms. The van der Waals surface area contributed by atoms with Crippen LogP contribution in [0.2, 0.25) is 0 Å². The number of para-hydroxylation sites is 1. The first-order valence-electron chi connectivity index (χ1n) is 13.9. The summed E-state index contributed by atoms with van der Waals surface area (Å²) in [5, 5.41) is 4.44. The van der Waals surface area contributed by atoms with Crippen molar-refractivity contribution < 1.29 is 13.2 Å². The fourth-order valence-electron chi connectivity index (χ4n) is 4.92. The summed E-state index contributed by atoms with van der Waals surface area (Å²) < 4.78 is 33.9. The summed E-state index contributed by atoms with van der Waals surface area (Å²) in [6, 6.07) is 22.9. The number of fused-ring (bicyclic) bond motifs is 1. The van der Waals surface area contributed by atoms with Gasteiger partial charge in [0.2, 0.25) is 10.0 Å². The van der Waals surface area contributed by atoms with Crippen LogP contribution in [-0.2, 0) is 10.0 Å². The van der Waals surface area contributed by atoms with Crippen molar-refractivity contribution in [2.75, 3.05) is 38.1 Å². The molecule has 0 saturated carbocycles. The van der Waals surface area contributed by atoms with Crippen molar-refractivity contribution in [3.05, 3.63) is 84.2 Å². The van der Waals surface area contributed by atoms with Crippen LogP contribution in [0.4, 0.5) is 11.5 Å². The lowest BCUT2D eigenvalue weighted by Crippen LogP contribution is -2.49. The first-order chi connectivity index (χ1) is 19.3. The van der Waals surface area contributed by atoms with E-state index < -0.39 is 10.0 Å². The molecule has 2 heterocycles. The second-order valence-electron chi connectivity index (χ2n) is 10.2. The van der Waals surface area contributed by atoms with Crippen molar-refractivity contribution in [3.8, 4) is 5.75 Å². The van der Waals surface area contributed by atoms with Crippen LogP contribution in [0.1, 0.15) is 44.1 Å². The van der Waals surface area contributed by atoms with Crippen LogP contribution in [0.25, 0.3) is 10.9 Å². The molecule has 3 aromatic carbocycles. The minimum atomic E-state index is -3.58. The normalized spacial score (nSPS) is 15.7. The number of hydrogen-bond acceptors (Lipinski definition) is 7. The summed E-state index contributed by atoms with van der Waals surface area (Å²) in [7, 11) is -3.58. The number of rotatable bonds is 10. The number of hydrogen-bond donors (Lipinski definition) is 1. The van der Waals surface area contributed by atoms with Crippen molar-refractivity contribution in [1.82, 2.24) is 19.2 Å². The van der Waals surface area contributed by atoms with Gasteiger partial charge in [-0.1, -0.05) is 37.6 Å². The third-order valence-corrected chi connectivity index (χ3v) is 9.24. The highest BCUT2D eigenvalue weighted by atomic mass is 32.2. The Hall–Kier alpha value is -3.53. The lowest BCUT2D eigenvalue weighted by molar-refractivity contribution is 0.141. The Labute approximate surface area is 237 Å². The number of nitrogens with zero attached hydrogens (tertiary/aromatic N) is 4. The number of benzene rings is 3. The largest absolute Gasteiger partial charge is 0.494 e. The molecule has 0 radical (unpaired) electrons. The molecule has 5 rings (SSSR count). The van der Waals surface area contributed by atoms with E-state index in [2.05, 4.69) is 43.1 Å². The van der Waals surface area contributed by atoms with Crippen LogP contribution < -0.4 is 10.1 Å². The van der Waals surface area contributed by atoms with E-state index in [1.807, 2.05) is 36.4 Å². The standard InChI is InChI=1S/C31H37N5O3S/c1-4-5-21-39-26-13-15-27(16-14-26)40(37,38)36-19-17-35(18-20-36)24(3)30-33-29-12-7-6-11-28(29)31(34-30)32-25-10-8-9-23(2)22-25/h6-16,22,24H,4-5,17-21H2,1-3H3,(H,32,33,34). The fourth-order valence-corrected chi connectivity index (χ4v) is 6.34. The molecule has 1 unspecified atom stereocenters. The number of ether oxygens (including phenoxy) is 1. The minimum Gasteiger partial charge on any atom is -0.494 e. The Morgan fingerprint density at radius 3 is 2.42 bits per heavy atom. The number of unbranched alkanes of at least 4 members (excludes halogenated alkanes) is 1. The van der Waals surface area contributed by atoms with E-state index in [0.717, 1.165) is 35.2 Å². The summed E-state index contributed by atoms with van der Waals surface area (Å²) in [5.41, 5.74) is 3.01. The van der Waals surface area contributed by atoms with Crippen LogP contribution >= 0.6 is 0 Å². The summed E-state index contributed by atoms with van der Waals surface area (Å²) >= 11 is 0. The molecule has 0 bridgehead atoms. The van der Waals surface area contributed by atoms with E-state index in [4.69, 9.17) is 14.7 Å². The number of anilines is 2. The van der Waals surface area contributed by atoms with Gasteiger partial charge in [0.15, 0.2) is 0 Å². The second kappa shape index (κ2) is 12.3. The number of sulfonamides is 1. The molecule has 1 fully saturated rings. The number of nitrogens with one attached hydrogen (secondary N) is 1. The second-order valence-corrected chi connectivity index (χ2v) is 12.2. The van der Waals surface area contributed by atoms with Gasteiger partial charge >= 0.3 is 0 Å². The molecular formula is C31H37N5O3S. The number of piperazine rings is 1. The highest BCUT2D eigenvalue weighted by Crippen LogP contribution is 2.29. The quantitative estimate of drug-likeness (QED) is 0.241. The molecule has 1 aliphatic heterocycles. The van der Waals surface area contributed by atoms with E-state index in [0.29, 0.717) is 49.3 Å². The fraction of sp³-hybridized carbons (Fsp3) is 0.355. The molecule has 1 saturated heterocycles. The molecule has 1 aliphatic rings. The SMILES string of the molecule is CCCCOc1ccc(S(=O)(=O)N2CCN(C(C)c3nc(Nc4cccc(C)c4)c4ccccc4n3)CC2)cc1. The zero-order chi connectivity index (χ0) is 28.1. The lowest BCUT2D eigenvalue weighted by Gasteiger charge is -2.36. The van der Waals surface area contributed by atoms with Crippen LogP contribution in [-0.4, -0.2) is 60.4 Å². The summed E-state index contributed by atoms with van der Waals surface area (Å²) in [6.45, 7) is 8.89. The predicted molar refractivity (Wildman–Crippen MR) is 160 cm³/mol. The van der Waals surface area contributed by atoms with E-state index in [-0.39, 0.29) is 6.04 Å². The molecule has 8 nitrogen and oxygen atoms in total. The van der Waals surface area contributed by atoms with Gasteiger partial charge in [0.1, 0.15) is 17.4 Å². The molecule has 0 spiro atoms. The maximum absolute atomic E-state index is 13.3. The van der Waals surface area contributed by atoms with Crippen molar-refractivity contribution >= 4 is 32.4 Å². The summed E-state index contributed by atoms with van der Waals surface area (Å²) in [5.74, 6) is 2.17. The molecule has 9 heteroatoms. The van der Waals surface area contributed by atoms with Crippen LogP contribution in [0.15, 0.2) is 77.7 Å². The van der Waals surface area contributed by atoms with Crippen LogP contribution in [0.3, 0.4) is 0 Å². The van der Waals surface area contributed by atoms with Gasteiger partial charge in [-0.2, -0.15) is 4.31 Å². The van der Waals surface area contributed by atoms with E-state index in [1.165, 1.54) is 5.56 Å². The highest BCUT2D eigenvalue weighted by Gasteiger charge is 2.31. The van der Waals surface area contributed by atoms with Gasteiger partial charge in [0.25, 0.3) is 0 Å². The zero-order valence-corrected chi connectivity index (χ0v) is 24.2. The van der Waals surface area contributed by atoms with Gasteiger partial charge in [-0.3, -0.25) is 4.90 Å². The first-order valence-corrected chi connectivity index (χ1v) is 15.4. The van der Waals surface area contributed by atoms with E-state index >= 15 is 0 Å². The van der Waals surface area contributed by atoms with E-state index in [1.54, 1.807) is 28.6 Å². The van der Waals surface area contributed by atoms with Crippen LogP contribution in [0, 0.1) is 6.92 Å². The van der Waals surface area contributed by atoms with E-state index in [9.17, 15) is 8.42 Å². The maximum atomic E-state index is 13.3. The third-order valence-electron chi connectivity index (χ3n) is 7.32. The van der Waals surface area contributed by atoms with Gasteiger partial charge in [-0.15, -0.1) is 0 Å². The molecule has 0 aliphatic carbocycles. The molecule has 1 N–H and O–H groups in total. The Morgan fingerprint density at radius 2 is 1.70 bits per heavy atom. The average Bonchev–Trinajstić information content (AvgIpc) is 2.97. The lowest BCUT2D eigenvalue weighted by atomic mass is 10.1. The third kappa shape index (κ3) is 6.27. The minimum absolute atomic E-state index is 0.0768. The van der Waals surface area contributed by atoms with Gasteiger partial charge < -0.3 is 10.1 Å². The van der Waals surface area contributed by atoms with Gasteiger partial charge in [-0.25, -0.2) is 18.4 Å². The van der Waals surface area contributed by atoms with Crippen molar-refractivity contribution in [2.24, 2.45) is 0 Å². The molecule has 4 aromatic rings. The predicted octanol–water partition coefficient (Wildman–Crippen LogP) is 5.93. The number of aromatic nitrogens is 2. The summed E-state index contributed by atoms with van der Waals surface area (Å²) in [6.07, 6.45) is 2.02. The molecular weight excluding hydrogens is 522 g/mol. The highest BCUT2D eigenvalue weighted by molar-refractivity contribution is 7.89. The van der Waals surface area contributed by atoms with Crippen molar-refractivity contribution in [1.29, 1.82) is 0 Å². The maximum Gasteiger partial charge on any atom is 0.243 e. The Kier molecular flexibility index (Phi) is 8.63. The van der Waals surface area contributed by atoms with Gasteiger partial charge in [0.05, 0.1) is 23.1 Å². The summed E-state index contributed by atoms with van der Waals surface area (Å²) in [4.78, 5) is 12.4. The molecule has 1 atom stereocenters. The van der Waals surface area contributed by atoms with Crippen molar-refractivity contribution in [3.63, 3.8) is 0 Å². The Balaban J connectivity index is 1.29. The zero-order valence-electron chi connectivity index (χ0n) is 23.4. The monoisotopic (exact) mass is 559 g/mol. The van der Waals surface area contributed by atoms with Gasteiger partial charge in [-0.05, 0) is 74.4 Å². The van der Waals surface area contributed by atoms with Crippen LogP contribution in [0.5, 0.6) is 5.75 Å². The molecule has 210 valence electrons. The van der Waals surface area contributed by atoms with Crippen molar-refractivity contribution in [2.45, 2.75) is 44.6 Å². The Morgan fingerprint density at radius 1 is 0.950 bits per heavy atom. The first kappa shape index (κ1) is 28.0. The Bertz CT molecular complexity index is 1550.